The van der Waals surface area contributed by atoms with Gasteiger partial charge in [-0.3, -0.25) is 4.79 Å². The highest BCUT2D eigenvalue weighted by Crippen LogP contribution is 2.65. The third-order valence-electron chi connectivity index (χ3n) is 8.91. The molecular formula is C22H36O3. The van der Waals surface area contributed by atoms with Gasteiger partial charge in [0.1, 0.15) is 5.78 Å². The number of hydrogen-bond acceptors (Lipinski definition) is 3. The van der Waals surface area contributed by atoms with Crippen LogP contribution >= 0.6 is 0 Å². The maximum Gasteiger partial charge on any atom is 0.139 e. The van der Waals surface area contributed by atoms with Gasteiger partial charge in [-0.25, -0.2) is 0 Å². The molecule has 3 heteroatoms. The smallest absolute Gasteiger partial charge is 0.139 e. The lowest BCUT2D eigenvalue weighted by atomic mass is 9.45. The van der Waals surface area contributed by atoms with Gasteiger partial charge in [0.05, 0.1) is 12.2 Å². The van der Waals surface area contributed by atoms with E-state index in [0.717, 1.165) is 51.0 Å². The lowest BCUT2D eigenvalue weighted by Crippen LogP contribution is -2.57. The summed E-state index contributed by atoms with van der Waals surface area (Å²) < 4.78 is 6.06. The zero-order chi connectivity index (χ0) is 17.8. The van der Waals surface area contributed by atoms with Crippen LogP contribution < -0.4 is 0 Å². The Morgan fingerprint density at radius 3 is 2.72 bits per heavy atom. The summed E-state index contributed by atoms with van der Waals surface area (Å²) in [6, 6.07) is 0. The van der Waals surface area contributed by atoms with E-state index in [1.165, 1.54) is 19.3 Å². The van der Waals surface area contributed by atoms with Crippen molar-refractivity contribution in [2.45, 2.75) is 90.8 Å². The van der Waals surface area contributed by atoms with E-state index in [-0.39, 0.29) is 23.0 Å². The molecule has 4 saturated carbocycles. The first-order valence-corrected chi connectivity index (χ1v) is 10.7. The average molecular weight is 349 g/mol. The van der Waals surface area contributed by atoms with Crippen LogP contribution in [0.4, 0.5) is 0 Å². The normalized spacial score (nSPS) is 52.4. The fourth-order valence-corrected chi connectivity index (χ4v) is 7.46. The predicted octanol–water partition coefficient (Wildman–Crippen LogP) is 4.36. The molecule has 0 aliphatic heterocycles. The summed E-state index contributed by atoms with van der Waals surface area (Å²) in [6.45, 7) is 7.64. The minimum Gasteiger partial charge on any atom is -0.390 e. The van der Waals surface area contributed by atoms with Gasteiger partial charge in [0, 0.05) is 18.4 Å². The first-order chi connectivity index (χ1) is 11.9. The van der Waals surface area contributed by atoms with Crippen LogP contribution in [0.3, 0.4) is 0 Å². The summed E-state index contributed by atoms with van der Waals surface area (Å²) in [5.74, 6) is 3.21. The van der Waals surface area contributed by atoms with Crippen molar-refractivity contribution >= 4 is 5.78 Å². The van der Waals surface area contributed by atoms with E-state index >= 15 is 0 Å². The van der Waals surface area contributed by atoms with Crippen molar-refractivity contribution in [2.75, 3.05) is 6.61 Å². The first-order valence-electron chi connectivity index (χ1n) is 10.7. The topological polar surface area (TPSA) is 46.5 Å². The molecule has 4 aliphatic carbocycles. The van der Waals surface area contributed by atoms with E-state index in [1.54, 1.807) is 0 Å². The second-order valence-corrected chi connectivity index (χ2v) is 9.99. The van der Waals surface area contributed by atoms with E-state index in [0.29, 0.717) is 23.5 Å². The third kappa shape index (κ3) is 2.64. The Kier molecular flexibility index (Phi) is 4.56. The van der Waals surface area contributed by atoms with Gasteiger partial charge in [-0.05, 0) is 80.5 Å². The summed E-state index contributed by atoms with van der Waals surface area (Å²) in [5, 5.41) is 10.6. The standard InChI is InChI=1S/C22H36O3/c1-4-11-25-19-13-22(3)14(12-18(19)23)5-6-15-16-7-8-20(24)21(16,2)10-9-17(15)22/h14-19,23H,4-13H2,1-3H3. The lowest BCUT2D eigenvalue weighted by molar-refractivity contribution is -0.171. The summed E-state index contributed by atoms with van der Waals surface area (Å²) in [6.07, 6.45) is 9.38. The Morgan fingerprint density at radius 1 is 1.16 bits per heavy atom. The molecule has 142 valence electrons. The van der Waals surface area contributed by atoms with Crippen LogP contribution in [0, 0.1) is 34.5 Å². The van der Waals surface area contributed by atoms with Gasteiger partial charge in [0.2, 0.25) is 0 Å². The second kappa shape index (κ2) is 6.34. The number of Topliss-reactive ketones (excluding diaryl/α,β-unsaturated/α-hetero) is 1. The molecule has 4 fully saturated rings. The third-order valence-corrected chi connectivity index (χ3v) is 8.91. The number of fused-ring (bicyclic) bond motifs is 5. The van der Waals surface area contributed by atoms with Crippen LogP contribution in [0.15, 0.2) is 0 Å². The summed E-state index contributed by atoms with van der Waals surface area (Å²) in [4.78, 5) is 12.5. The molecule has 8 unspecified atom stereocenters. The number of ketones is 1. The molecule has 0 spiro atoms. The van der Waals surface area contributed by atoms with E-state index < -0.39 is 0 Å². The number of hydrogen-bond donors (Lipinski definition) is 1. The predicted molar refractivity (Wildman–Crippen MR) is 98.2 cm³/mol. The fourth-order valence-electron chi connectivity index (χ4n) is 7.46. The van der Waals surface area contributed by atoms with Crippen molar-refractivity contribution in [3.8, 4) is 0 Å². The van der Waals surface area contributed by atoms with Gasteiger partial charge in [0.15, 0.2) is 0 Å². The fraction of sp³-hybridized carbons (Fsp3) is 0.955. The van der Waals surface area contributed by atoms with E-state index in [1.807, 2.05) is 0 Å². The molecule has 8 atom stereocenters. The molecule has 1 N–H and O–H groups in total. The number of carbonyl (C=O) groups excluding carboxylic acids is 1. The Labute approximate surface area is 152 Å². The van der Waals surface area contributed by atoms with Crippen molar-refractivity contribution in [3.05, 3.63) is 0 Å². The van der Waals surface area contributed by atoms with Gasteiger partial charge >= 0.3 is 0 Å². The summed E-state index contributed by atoms with van der Waals surface area (Å²) in [7, 11) is 0. The molecule has 0 amide bonds. The first kappa shape index (κ1) is 18.0. The molecule has 3 nitrogen and oxygen atoms in total. The van der Waals surface area contributed by atoms with Crippen molar-refractivity contribution in [2.24, 2.45) is 34.5 Å². The van der Waals surface area contributed by atoms with Gasteiger partial charge < -0.3 is 9.84 Å². The number of aliphatic hydroxyl groups excluding tert-OH is 1. The summed E-state index contributed by atoms with van der Waals surface area (Å²) in [5.41, 5.74) is 0.254. The maximum atomic E-state index is 12.5. The molecule has 4 aliphatic rings. The number of carbonyl (C=O) groups is 1. The Bertz CT molecular complexity index is 531. The second-order valence-electron chi connectivity index (χ2n) is 9.99. The van der Waals surface area contributed by atoms with E-state index in [9.17, 15) is 9.90 Å². The molecule has 0 aromatic rings. The minimum absolute atomic E-state index is 0.0125. The van der Waals surface area contributed by atoms with Gasteiger partial charge in [-0.2, -0.15) is 0 Å². The van der Waals surface area contributed by atoms with Crippen molar-refractivity contribution in [3.63, 3.8) is 0 Å². The molecule has 0 aromatic heterocycles. The zero-order valence-corrected chi connectivity index (χ0v) is 16.3. The highest BCUT2D eigenvalue weighted by Gasteiger charge is 2.61. The Hall–Kier alpha value is -0.410. The van der Waals surface area contributed by atoms with Crippen LogP contribution in [-0.4, -0.2) is 29.7 Å². The van der Waals surface area contributed by atoms with E-state index in [2.05, 4.69) is 20.8 Å². The van der Waals surface area contributed by atoms with Crippen LogP contribution in [-0.2, 0) is 9.53 Å². The van der Waals surface area contributed by atoms with Crippen molar-refractivity contribution < 1.29 is 14.6 Å². The maximum absolute atomic E-state index is 12.5. The zero-order valence-electron chi connectivity index (χ0n) is 16.3. The summed E-state index contributed by atoms with van der Waals surface area (Å²) >= 11 is 0. The molecule has 25 heavy (non-hydrogen) atoms. The number of aliphatic hydroxyl groups is 1. The monoisotopic (exact) mass is 348 g/mol. The lowest BCUT2D eigenvalue weighted by Gasteiger charge is -2.61. The van der Waals surface area contributed by atoms with E-state index in [4.69, 9.17) is 4.74 Å². The minimum atomic E-state index is -0.289. The van der Waals surface area contributed by atoms with Crippen molar-refractivity contribution in [1.82, 2.24) is 0 Å². The highest BCUT2D eigenvalue weighted by atomic mass is 16.5. The number of rotatable bonds is 3. The largest absolute Gasteiger partial charge is 0.390 e. The van der Waals surface area contributed by atoms with Crippen LogP contribution in [0.25, 0.3) is 0 Å². The van der Waals surface area contributed by atoms with Gasteiger partial charge in [-0.1, -0.05) is 20.8 Å². The Morgan fingerprint density at radius 2 is 1.96 bits per heavy atom. The molecule has 4 rings (SSSR count). The quantitative estimate of drug-likeness (QED) is 0.824. The van der Waals surface area contributed by atoms with Crippen LogP contribution in [0.2, 0.25) is 0 Å². The molecule has 0 saturated heterocycles. The molecule has 0 heterocycles. The SMILES string of the molecule is CCCOC1CC2(C)C(CCC3C4CCC(=O)C4(C)CCC32)CC1O. The molecule has 0 bridgehead atoms. The van der Waals surface area contributed by atoms with Gasteiger partial charge in [0.25, 0.3) is 0 Å². The molecule has 0 aromatic carbocycles. The Balaban J connectivity index is 1.58. The van der Waals surface area contributed by atoms with Crippen LogP contribution in [0.5, 0.6) is 0 Å². The van der Waals surface area contributed by atoms with Crippen molar-refractivity contribution in [1.29, 1.82) is 0 Å². The number of ether oxygens (including phenoxy) is 1. The highest BCUT2D eigenvalue weighted by molar-refractivity contribution is 5.87. The average Bonchev–Trinajstić information content (AvgIpc) is 2.89. The van der Waals surface area contributed by atoms with Crippen LogP contribution in [0.1, 0.15) is 78.6 Å². The van der Waals surface area contributed by atoms with Gasteiger partial charge in [-0.15, -0.1) is 0 Å². The molecular weight excluding hydrogens is 312 g/mol. The molecule has 0 radical (unpaired) electrons.